The zero-order valence-corrected chi connectivity index (χ0v) is 9.48. The highest BCUT2D eigenvalue weighted by atomic mass is 32.2. The van der Waals surface area contributed by atoms with Crippen LogP contribution in [0.5, 0.6) is 0 Å². The van der Waals surface area contributed by atoms with E-state index in [9.17, 15) is 18.0 Å². The predicted molar refractivity (Wildman–Crippen MR) is 54.4 cm³/mol. The maximum absolute atomic E-state index is 11.2. The van der Waals surface area contributed by atoms with Crippen LogP contribution in [0.25, 0.3) is 0 Å². The molecule has 0 aromatic carbocycles. The van der Waals surface area contributed by atoms with Gasteiger partial charge in [-0.15, -0.1) is 0 Å². The van der Waals surface area contributed by atoms with Crippen molar-refractivity contribution in [2.75, 3.05) is 12.0 Å². The Bertz CT molecular complexity index is 325. The zero-order valence-electron chi connectivity index (χ0n) is 7.77. The molecule has 8 heteroatoms. The lowest BCUT2D eigenvalue weighted by Gasteiger charge is -2.13. The van der Waals surface area contributed by atoms with Gasteiger partial charge in [0.15, 0.2) is 0 Å². The van der Waals surface area contributed by atoms with Gasteiger partial charge in [0.25, 0.3) is 5.91 Å². The van der Waals surface area contributed by atoms with Gasteiger partial charge in [0.2, 0.25) is 15.9 Å². The molecule has 0 aliphatic carbocycles. The second kappa shape index (κ2) is 5.20. The largest absolute Gasteiger partial charge is 0.344 e. The Kier molecular flexibility index (Phi) is 4.92. The molecular formula is C6H12N2O4S2. The van der Waals surface area contributed by atoms with Crippen LogP contribution in [0.4, 0.5) is 0 Å². The normalized spacial score (nSPS) is 13.1. The van der Waals surface area contributed by atoms with Gasteiger partial charge < -0.3 is 5.32 Å². The first-order chi connectivity index (χ1) is 6.26. The lowest BCUT2D eigenvalue weighted by molar-refractivity contribution is -0.126. The van der Waals surface area contributed by atoms with Gasteiger partial charge in [0.1, 0.15) is 6.04 Å². The summed E-state index contributed by atoms with van der Waals surface area (Å²) in [5.41, 5.74) is 0. The van der Waals surface area contributed by atoms with Gasteiger partial charge in [-0.1, -0.05) is 0 Å². The molecule has 0 rings (SSSR count). The molecule has 1 atom stereocenters. The number of rotatable bonds is 4. The van der Waals surface area contributed by atoms with Crippen molar-refractivity contribution in [3.05, 3.63) is 0 Å². The third-order valence-corrected chi connectivity index (χ3v) is 2.10. The lowest BCUT2D eigenvalue weighted by Crippen LogP contribution is -2.48. The molecule has 2 N–H and O–H groups in total. The fourth-order valence-electron chi connectivity index (χ4n) is 0.693. The van der Waals surface area contributed by atoms with Gasteiger partial charge in [-0.05, 0) is 0 Å². The summed E-state index contributed by atoms with van der Waals surface area (Å²) in [4.78, 5) is 21.8. The zero-order chi connectivity index (χ0) is 11.4. The summed E-state index contributed by atoms with van der Waals surface area (Å²) in [6, 6.07) is -0.939. The lowest BCUT2D eigenvalue weighted by atomic mass is 10.3. The molecule has 14 heavy (non-hydrogen) atoms. The topological polar surface area (TPSA) is 92.3 Å². The summed E-state index contributed by atoms with van der Waals surface area (Å²) in [6.45, 7) is 1.23. The molecule has 0 saturated heterocycles. The first kappa shape index (κ1) is 13.2. The van der Waals surface area contributed by atoms with Crippen LogP contribution in [0.2, 0.25) is 0 Å². The minimum Gasteiger partial charge on any atom is -0.344 e. The van der Waals surface area contributed by atoms with Crippen LogP contribution >= 0.6 is 12.6 Å². The second-order valence-electron chi connectivity index (χ2n) is 2.67. The molecular weight excluding hydrogens is 228 g/mol. The van der Waals surface area contributed by atoms with E-state index >= 15 is 0 Å². The van der Waals surface area contributed by atoms with Gasteiger partial charge >= 0.3 is 0 Å². The van der Waals surface area contributed by atoms with Crippen molar-refractivity contribution in [2.24, 2.45) is 0 Å². The summed E-state index contributed by atoms with van der Waals surface area (Å²) in [5.74, 6) is -1.19. The van der Waals surface area contributed by atoms with Gasteiger partial charge in [-0.25, -0.2) is 8.42 Å². The Hall–Kier alpha value is -0.760. The molecule has 0 fully saturated rings. The molecule has 0 spiro atoms. The summed E-state index contributed by atoms with van der Waals surface area (Å²) < 4.78 is 23.1. The Morgan fingerprint density at radius 2 is 1.93 bits per heavy atom. The number of nitrogens with one attached hydrogen (secondary N) is 2. The van der Waals surface area contributed by atoms with Crippen molar-refractivity contribution in [3.8, 4) is 0 Å². The third kappa shape index (κ3) is 5.81. The molecule has 0 aliphatic rings. The van der Waals surface area contributed by atoms with Crippen molar-refractivity contribution >= 4 is 34.5 Å². The van der Waals surface area contributed by atoms with Crippen molar-refractivity contribution in [3.63, 3.8) is 0 Å². The Morgan fingerprint density at radius 3 is 2.21 bits per heavy atom. The molecule has 0 saturated carbocycles. The van der Waals surface area contributed by atoms with Crippen LogP contribution in [-0.4, -0.2) is 38.3 Å². The SMILES string of the molecule is CC(=O)N[C@@H](CS)C(=O)NS(C)(=O)=O. The van der Waals surface area contributed by atoms with E-state index in [1.165, 1.54) is 6.92 Å². The fourth-order valence-corrected chi connectivity index (χ4v) is 1.46. The molecule has 2 amide bonds. The first-order valence-electron chi connectivity index (χ1n) is 3.66. The molecule has 0 heterocycles. The Balaban J connectivity index is 4.40. The molecule has 0 radical (unpaired) electrons. The summed E-state index contributed by atoms with van der Waals surface area (Å²) in [7, 11) is -3.60. The summed E-state index contributed by atoms with van der Waals surface area (Å²) >= 11 is 3.81. The van der Waals surface area contributed by atoms with Crippen LogP contribution in [0.15, 0.2) is 0 Å². The van der Waals surface area contributed by atoms with Gasteiger partial charge in [-0.2, -0.15) is 12.6 Å². The quantitative estimate of drug-likeness (QED) is 0.521. The van der Waals surface area contributed by atoms with Crippen molar-refractivity contribution < 1.29 is 18.0 Å². The number of amides is 2. The van der Waals surface area contributed by atoms with Crippen molar-refractivity contribution in [1.82, 2.24) is 10.0 Å². The standard InChI is InChI=1S/C6H12N2O4S2/c1-4(9)7-5(3-13)6(10)8-14(2,11)12/h5,13H,3H2,1-2H3,(H,7,9)(H,8,10)/t5-/m0/s1. The molecule has 0 aliphatic heterocycles. The van der Waals surface area contributed by atoms with Crippen LogP contribution < -0.4 is 10.0 Å². The highest BCUT2D eigenvalue weighted by Gasteiger charge is 2.20. The van der Waals surface area contributed by atoms with E-state index in [0.717, 1.165) is 6.26 Å². The van der Waals surface area contributed by atoms with Crippen LogP contribution in [0, 0.1) is 0 Å². The minimum atomic E-state index is -3.60. The van der Waals surface area contributed by atoms with E-state index in [-0.39, 0.29) is 5.75 Å². The molecule has 0 aromatic heterocycles. The van der Waals surface area contributed by atoms with E-state index in [2.05, 4.69) is 17.9 Å². The minimum absolute atomic E-state index is 0.0287. The smallest absolute Gasteiger partial charge is 0.256 e. The maximum Gasteiger partial charge on any atom is 0.256 e. The van der Waals surface area contributed by atoms with Crippen molar-refractivity contribution in [1.29, 1.82) is 0 Å². The summed E-state index contributed by atoms with van der Waals surface area (Å²) in [5, 5.41) is 2.26. The van der Waals surface area contributed by atoms with Gasteiger partial charge in [0, 0.05) is 12.7 Å². The highest BCUT2D eigenvalue weighted by Crippen LogP contribution is 1.90. The Morgan fingerprint density at radius 1 is 1.43 bits per heavy atom. The summed E-state index contributed by atoms with van der Waals surface area (Å²) in [6.07, 6.45) is 0.855. The number of carbonyl (C=O) groups excluding carboxylic acids is 2. The molecule has 82 valence electrons. The van der Waals surface area contributed by atoms with E-state index in [0.29, 0.717) is 0 Å². The molecule has 0 bridgehead atoms. The third-order valence-electron chi connectivity index (χ3n) is 1.16. The van der Waals surface area contributed by atoms with Crippen LogP contribution in [0.1, 0.15) is 6.92 Å². The second-order valence-corrected chi connectivity index (χ2v) is 4.79. The van der Waals surface area contributed by atoms with E-state index in [4.69, 9.17) is 0 Å². The average Bonchev–Trinajstić information content (AvgIpc) is 1.96. The van der Waals surface area contributed by atoms with Crippen LogP contribution in [-0.2, 0) is 19.6 Å². The number of hydrogen-bond acceptors (Lipinski definition) is 5. The van der Waals surface area contributed by atoms with Gasteiger partial charge in [0.05, 0.1) is 6.26 Å². The van der Waals surface area contributed by atoms with E-state index < -0.39 is 27.9 Å². The fraction of sp³-hybridized carbons (Fsp3) is 0.667. The monoisotopic (exact) mass is 240 g/mol. The molecule has 0 unspecified atom stereocenters. The highest BCUT2D eigenvalue weighted by molar-refractivity contribution is 7.89. The molecule has 0 aromatic rings. The number of carbonyl (C=O) groups is 2. The number of thiol groups is 1. The number of hydrogen-bond donors (Lipinski definition) is 3. The predicted octanol–water partition coefficient (Wildman–Crippen LogP) is -1.50. The van der Waals surface area contributed by atoms with Crippen molar-refractivity contribution in [2.45, 2.75) is 13.0 Å². The van der Waals surface area contributed by atoms with Gasteiger partial charge in [-0.3, -0.25) is 14.3 Å². The number of sulfonamides is 1. The Labute approximate surface area is 87.9 Å². The van der Waals surface area contributed by atoms with E-state index in [1.807, 2.05) is 0 Å². The van der Waals surface area contributed by atoms with Crippen LogP contribution in [0.3, 0.4) is 0 Å². The maximum atomic E-state index is 11.2. The first-order valence-corrected chi connectivity index (χ1v) is 6.18. The molecule has 6 nitrogen and oxygen atoms in total. The average molecular weight is 240 g/mol. The van der Waals surface area contributed by atoms with E-state index in [1.54, 1.807) is 4.72 Å².